The first-order valence-electron chi connectivity index (χ1n) is 4.96. The number of hydrogen-bond donors (Lipinski definition) is 3. The lowest BCUT2D eigenvalue weighted by atomic mass is 10.4. The van der Waals surface area contributed by atoms with E-state index in [4.69, 9.17) is 0 Å². The number of carbonyl (C=O) groups excluding carboxylic acids is 1. The van der Waals surface area contributed by atoms with Crippen molar-refractivity contribution in [1.82, 2.24) is 30.5 Å². The van der Waals surface area contributed by atoms with Crippen LogP contribution in [0.15, 0.2) is 12.5 Å². The zero-order chi connectivity index (χ0) is 11.4. The predicted octanol–water partition coefficient (Wildman–Crippen LogP) is 0.0202. The van der Waals surface area contributed by atoms with Gasteiger partial charge in [-0.3, -0.25) is 9.89 Å². The molecule has 0 atom stereocenters. The number of aryl methyl sites for hydroxylation is 1. The Morgan fingerprint density at radius 1 is 1.56 bits per heavy atom. The first-order valence-corrected chi connectivity index (χ1v) is 4.96. The SMILES string of the molecule is CCc1nc(C(=O)NCc2cnc[nH]2)n[nH]1. The average Bonchev–Trinajstić information content (AvgIpc) is 2.96. The standard InChI is InChI=1S/C9H12N6O/c1-2-7-13-8(15-14-7)9(16)11-4-6-3-10-5-12-6/h3,5H,2,4H2,1H3,(H,10,12)(H,11,16)(H,13,14,15). The Morgan fingerprint density at radius 2 is 2.44 bits per heavy atom. The Kier molecular flexibility index (Phi) is 2.95. The van der Waals surface area contributed by atoms with Crippen LogP contribution in [0.1, 0.15) is 29.1 Å². The monoisotopic (exact) mass is 220 g/mol. The highest BCUT2D eigenvalue weighted by Crippen LogP contribution is 1.95. The molecule has 84 valence electrons. The van der Waals surface area contributed by atoms with Crippen molar-refractivity contribution in [1.29, 1.82) is 0 Å². The van der Waals surface area contributed by atoms with Gasteiger partial charge in [0.1, 0.15) is 5.82 Å². The molecule has 0 aliphatic rings. The molecular weight excluding hydrogens is 208 g/mol. The molecule has 0 bridgehead atoms. The third-order valence-corrected chi connectivity index (χ3v) is 2.06. The highest BCUT2D eigenvalue weighted by Gasteiger charge is 2.11. The maximum absolute atomic E-state index is 11.6. The highest BCUT2D eigenvalue weighted by molar-refractivity contribution is 5.90. The molecule has 2 aromatic heterocycles. The van der Waals surface area contributed by atoms with Crippen LogP contribution in [0.4, 0.5) is 0 Å². The maximum Gasteiger partial charge on any atom is 0.291 e. The number of nitrogens with one attached hydrogen (secondary N) is 3. The number of rotatable bonds is 4. The summed E-state index contributed by atoms with van der Waals surface area (Å²) in [5, 5.41) is 9.18. The molecule has 3 N–H and O–H groups in total. The van der Waals surface area contributed by atoms with E-state index < -0.39 is 0 Å². The summed E-state index contributed by atoms with van der Waals surface area (Å²) in [5.74, 6) is 0.564. The van der Waals surface area contributed by atoms with Gasteiger partial charge >= 0.3 is 0 Å². The molecule has 0 aliphatic carbocycles. The molecule has 7 heteroatoms. The van der Waals surface area contributed by atoms with Crippen molar-refractivity contribution in [3.05, 3.63) is 29.9 Å². The van der Waals surface area contributed by atoms with Gasteiger partial charge < -0.3 is 10.3 Å². The summed E-state index contributed by atoms with van der Waals surface area (Å²) in [4.78, 5) is 22.3. The maximum atomic E-state index is 11.6. The van der Waals surface area contributed by atoms with E-state index in [1.807, 2.05) is 6.92 Å². The molecule has 0 unspecified atom stereocenters. The second-order valence-corrected chi connectivity index (χ2v) is 3.22. The number of aromatic nitrogens is 5. The largest absolute Gasteiger partial charge is 0.347 e. The summed E-state index contributed by atoms with van der Waals surface area (Å²) in [6.45, 7) is 2.32. The van der Waals surface area contributed by atoms with Crippen LogP contribution in [0.25, 0.3) is 0 Å². The number of carbonyl (C=O) groups is 1. The van der Waals surface area contributed by atoms with Gasteiger partial charge in [-0.15, -0.1) is 5.10 Å². The summed E-state index contributed by atoms with van der Waals surface area (Å²) < 4.78 is 0. The average molecular weight is 220 g/mol. The molecule has 2 aromatic rings. The van der Waals surface area contributed by atoms with Crippen LogP contribution in [0, 0.1) is 0 Å². The fourth-order valence-electron chi connectivity index (χ4n) is 1.19. The molecule has 2 heterocycles. The van der Waals surface area contributed by atoms with Gasteiger partial charge in [0, 0.05) is 12.6 Å². The summed E-state index contributed by atoms with van der Waals surface area (Å²) in [6.07, 6.45) is 3.93. The molecule has 2 rings (SSSR count). The van der Waals surface area contributed by atoms with Crippen molar-refractivity contribution in [3.63, 3.8) is 0 Å². The van der Waals surface area contributed by atoms with Gasteiger partial charge in [0.05, 0.1) is 18.6 Å². The number of amides is 1. The van der Waals surface area contributed by atoms with Crippen molar-refractivity contribution in [3.8, 4) is 0 Å². The van der Waals surface area contributed by atoms with Crippen molar-refractivity contribution >= 4 is 5.91 Å². The minimum Gasteiger partial charge on any atom is -0.347 e. The van der Waals surface area contributed by atoms with Gasteiger partial charge in [0.15, 0.2) is 0 Å². The zero-order valence-corrected chi connectivity index (χ0v) is 8.82. The van der Waals surface area contributed by atoms with Crippen LogP contribution < -0.4 is 5.32 Å². The van der Waals surface area contributed by atoms with Crippen molar-refractivity contribution < 1.29 is 4.79 Å². The van der Waals surface area contributed by atoms with E-state index >= 15 is 0 Å². The van der Waals surface area contributed by atoms with Crippen LogP contribution in [0.5, 0.6) is 0 Å². The quantitative estimate of drug-likeness (QED) is 0.676. The lowest BCUT2D eigenvalue weighted by Crippen LogP contribution is -2.24. The van der Waals surface area contributed by atoms with Crippen molar-refractivity contribution in [2.75, 3.05) is 0 Å². The third kappa shape index (κ3) is 2.25. The van der Waals surface area contributed by atoms with E-state index in [-0.39, 0.29) is 11.7 Å². The van der Waals surface area contributed by atoms with Gasteiger partial charge in [-0.1, -0.05) is 6.92 Å². The zero-order valence-electron chi connectivity index (χ0n) is 8.82. The number of H-pyrrole nitrogens is 2. The smallest absolute Gasteiger partial charge is 0.291 e. The third-order valence-electron chi connectivity index (χ3n) is 2.06. The second kappa shape index (κ2) is 4.56. The molecule has 0 aromatic carbocycles. The first-order chi connectivity index (χ1) is 7.79. The van der Waals surface area contributed by atoms with E-state index in [1.54, 1.807) is 12.5 Å². The number of hydrogen-bond acceptors (Lipinski definition) is 4. The minimum atomic E-state index is -0.300. The van der Waals surface area contributed by atoms with Crippen molar-refractivity contribution in [2.24, 2.45) is 0 Å². The number of aromatic amines is 2. The van der Waals surface area contributed by atoms with Gasteiger partial charge in [0.25, 0.3) is 5.91 Å². The summed E-state index contributed by atoms with van der Waals surface area (Å²) in [5.41, 5.74) is 0.833. The van der Waals surface area contributed by atoms with Crippen LogP contribution in [-0.4, -0.2) is 31.1 Å². The lowest BCUT2D eigenvalue weighted by molar-refractivity contribution is 0.0940. The first kappa shape index (κ1) is 10.3. The van der Waals surface area contributed by atoms with Crippen LogP contribution in [0.3, 0.4) is 0 Å². The second-order valence-electron chi connectivity index (χ2n) is 3.22. The topological polar surface area (TPSA) is 99.3 Å². The Bertz CT molecular complexity index is 460. The molecule has 0 spiro atoms. The van der Waals surface area contributed by atoms with Gasteiger partial charge in [-0.25, -0.2) is 9.97 Å². The summed E-state index contributed by atoms with van der Waals surface area (Å²) in [6, 6.07) is 0. The van der Waals surface area contributed by atoms with E-state index in [0.717, 1.165) is 12.1 Å². The molecule has 0 fully saturated rings. The molecule has 1 amide bonds. The van der Waals surface area contributed by atoms with Gasteiger partial charge in [-0.2, -0.15) is 0 Å². The Morgan fingerprint density at radius 3 is 3.06 bits per heavy atom. The summed E-state index contributed by atoms with van der Waals surface area (Å²) >= 11 is 0. The Labute approximate surface area is 91.7 Å². The van der Waals surface area contributed by atoms with Gasteiger partial charge in [0.2, 0.25) is 5.82 Å². The number of nitrogens with zero attached hydrogens (tertiary/aromatic N) is 3. The van der Waals surface area contributed by atoms with E-state index in [1.165, 1.54) is 0 Å². The molecule has 0 radical (unpaired) electrons. The predicted molar refractivity (Wildman–Crippen MR) is 55.5 cm³/mol. The van der Waals surface area contributed by atoms with E-state index in [0.29, 0.717) is 12.4 Å². The molecule has 0 aliphatic heterocycles. The molecule has 7 nitrogen and oxygen atoms in total. The molecule has 0 saturated heterocycles. The highest BCUT2D eigenvalue weighted by atomic mass is 16.2. The fraction of sp³-hybridized carbons (Fsp3) is 0.333. The summed E-state index contributed by atoms with van der Waals surface area (Å²) in [7, 11) is 0. The Balaban J connectivity index is 1.93. The molecule has 16 heavy (non-hydrogen) atoms. The van der Waals surface area contributed by atoms with Crippen LogP contribution in [0.2, 0.25) is 0 Å². The van der Waals surface area contributed by atoms with Crippen LogP contribution in [-0.2, 0) is 13.0 Å². The molecular formula is C9H12N6O. The van der Waals surface area contributed by atoms with E-state index in [2.05, 4.69) is 30.5 Å². The van der Waals surface area contributed by atoms with Crippen molar-refractivity contribution in [2.45, 2.75) is 19.9 Å². The number of imidazole rings is 1. The van der Waals surface area contributed by atoms with Gasteiger partial charge in [-0.05, 0) is 0 Å². The fourth-order valence-corrected chi connectivity index (χ4v) is 1.19. The Hall–Kier alpha value is -2.18. The lowest BCUT2D eigenvalue weighted by Gasteiger charge is -1.98. The minimum absolute atomic E-state index is 0.163. The molecule has 0 saturated carbocycles. The van der Waals surface area contributed by atoms with Crippen LogP contribution >= 0.6 is 0 Å². The van der Waals surface area contributed by atoms with E-state index in [9.17, 15) is 4.79 Å². The normalized spacial score (nSPS) is 10.3.